The molecule has 0 aromatic rings. The first-order chi connectivity index (χ1) is 12.1. The largest absolute Gasteiger partial charge is 0.414 e. The summed E-state index contributed by atoms with van der Waals surface area (Å²) >= 11 is 0. The van der Waals surface area contributed by atoms with Crippen molar-refractivity contribution in [3.05, 3.63) is 12.2 Å². The average molecular weight is 388 g/mol. The summed E-state index contributed by atoms with van der Waals surface area (Å²) in [7, 11) is -1.69. The molecule has 0 unspecified atom stereocenters. The molecule has 7 nitrogen and oxygen atoms in total. The second-order valence-corrected chi connectivity index (χ2v) is 12.4. The zero-order valence-corrected chi connectivity index (χ0v) is 17.7. The second-order valence-electron chi connectivity index (χ2n) is 7.61. The van der Waals surface area contributed by atoms with Crippen molar-refractivity contribution in [1.29, 1.82) is 0 Å². The zero-order valence-electron chi connectivity index (χ0n) is 16.7. The van der Waals surface area contributed by atoms with Gasteiger partial charge >= 0.3 is 0 Å². The molecule has 0 aromatic heterocycles. The van der Waals surface area contributed by atoms with Crippen LogP contribution in [0.4, 0.5) is 0 Å². The lowest BCUT2D eigenvalue weighted by Crippen LogP contribution is -2.41. The molecule has 2 amide bonds. The molecule has 1 aliphatic rings. The van der Waals surface area contributed by atoms with Gasteiger partial charge in [-0.05, 0) is 18.1 Å². The van der Waals surface area contributed by atoms with Crippen molar-refractivity contribution in [3.8, 4) is 0 Å². The van der Waals surface area contributed by atoms with E-state index in [1.807, 2.05) is 0 Å². The van der Waals surface area contributed by atoms with E-state index in [2.05, 4.69) is 33.9 Å². The Labute approximate surface area is 157 Å². The Morgan fingerprint density at radius 1 is 0.808 bits per heavy atom. The van der Waals surface area contributed by atoms with Crippen LogP contribution in [0.1, 0.15) is 20.8 Å². The van der Waals surface area contributed by atoms with Gasteiger partial charge in [0.05, 0.1) is 52.8 Å². The van der Waals surface area contributed by atoms with Crippen LogP contribution in [0.3, 0.4) is 0 Å². The zero-order chi connectivity index (χ0) is 19.6. The number of ether oxygens (including phenoxy) is 3. The van der Waals surface area contributed by atoms with Crippen LogP contribution in [0.15, 0.2) is 12.2 Å². The summed E-state index contributed by atoms with van der Waals surface area (Å²) in [5.41, 5.74) is 0. The minimum Gasteiger partial charge on any atom is -0.414 e. The molecule has 8 heteroatoms. The van der Waals surface area contributed by atoms with E-state index in [0.717, 1.165) is 4.90 Å². The maximum Gasteiger partial charge on any atom is 0.253 e. The minimum atomic E-state index is -1.69. The summed E-state index contributed by atoms with van der Waals surface area (Å²) in [6.07, 6.45) is 2.53. The van der Waals surface area contributed by atoms with Gasteiger partial charge in [0.25, 0.3) is 11.8 Å². The maximum atomic E-state index is 11.3. The second kappa shape index (κ2) is 10.9. The van der Waals surface area contributed by atoms with Crippen LogP contribution in [-0.4, -0.2) is 77.8 Å². The van der Waals surface area contributed by atoms with E-state index < -0.39 is 8.32 Å². The number of nitrogens with zero attached hydrogens (tertiary/aromatic N) is 1. The molecule has 0 radical (unpaired) electrons. The number of carbonyl (C=O) groups excluding carboxylic acids is 2. The van der Waals surface area contributed by atoms with Crippen molar-refractivity contribution >= 4 is 20.1 Å². The van der Waals surface area contributed by atoms with Gasteiger partial charge in [-0.25, -0.2) is 0 Å². The molecule has 0 bridgehead atoms. The molecule has 1 rings (SSSR count). The van der Waals surface area contributed by atoms with Gasteiger partial charge in [-0.2, -0.15) is 0 Å². The van der Waals surface area contributed by atoms with Gasteiger partial charge < -0.3 is 18.6 Å². The standard InChI is InChI=1S/C18H33NO6Si/c1-18(2,3)26(4,5)25-15-14-24-13-12-23-11-10-22-9-8-19-16(20)6-7-17(19)21/h6-7H,8-15H2,1-5H3. The normalized spacial score (nSPS) is 15.3. The van der Waals surface area contributed by atoms with E-state index in [0.29, 0.717) is 46.2 Å². The SMILES string of the molecule is CC(C)(C)[Si](C)(C)OCCOCCOCCOCCN1C(=O)C=CC1=O. The summed E-state index contributed by atoms with van der Waals surface area (Å²) in [6, 6.07) is 0. The number of rotatable bonds is 13. The lowest BCUT2D eigenvalue weighted by molar-refractivity contribution is -0.137. The highest BCUT2D eigenvalue weighted by Gasteiger charge is 2.36. The smallest absolute Gasteiger partial charge is 0.253 e. The summed E-state index contributed by atoms with van der Waals surface area (Å²) in [5.74, 6) is -0.575. The minimum absolute atomic E-state index is 0.210. The van der Waals surface area contributed by atoms with E-state index >= 15 is 0 Å². The summed E-state index contributed by atoms with van der Waals surface area (Å²) in [5, 5.41) is 0.210. The summed E-state index contributed by atoms with van der Waals surface area (Å²) in [4.78, 5) is 23.8. The van der Waals surface area contributed by atoms with Crippen molar-refractivity contribution in [2.24, 2.45) is 0 Å². The average Bonchev–Trinajstić information content (AvgIpc) is 2.86. The fourth-order valence-corrected chi connectivity index (χ4v) is 2.95. The van der Waals surface area contributed by atoms with Crippen molar-refractivity contribution < 1.29 is 28.2 Å². The Morgan fingerprint density at radius 2 is 1.23 bits per heavy atom. The molecule has 0 N–H and O–H groups in total. The van der Waals surface area contributed by atoms with Gasteiger partial charge in [0, 0.05) is 12.2 Å². The predicted octanol–water partition coefficient (Wildman–Crippen LogP) is 1.98. The molecular weight excluding hydrogens is 354 g/mol. The van der Waals surface area contributed by atoms with Crippen molar-refractivity contribution in [3.63, 3.8) is 0 Å². The fraction of sp³-hybridized carbons (Fsp3) is 0.778. The summed E-state index contributed by atoms with van der Waals surface area (Å²) < 4.78 is 22.3. The molecule has 0 saturated heterocycles. The summed E-state index contributed by atoms with van der Waals surface area (Å²) in [6.45, 7) is 14.7. The van der Waals surface area contributed by atoms with Gasteiger partial charge in [0.1, 0.15) is 0 Å². The Morgan fingerprint density at radius 3 is 1.69 bits per heavy atom. The van der Waals surface area contributed by atoms with E-state index in [-0.39, 0.29) is 23.4 Å². The quantitative estimate of drug-likeness (QED) is 0.273. The topological polar surface area (TPSA) is 74.3 Å². The van der Waals surface area contributed by atoms with Gasteiger partial charge in [0.2, 0.25) is 0 Å². The van der Waals surface area contributed by atoms with Crippen LogP contribution in [0.2, 0.25) is 18.1 Å². The molecule has 1 heterocycles. The van der Waals surface area contributed by atoms with Gasteiger partial charge in [-0.15, -0.1) is 0 Å². The van der Waals surface area contributed by atoms with Crippen molar-refractivity contribution in [2.75, 3.05) is 52.8 Å². The molecule has 0 aliphatic carbocycles. The number of amides is 2. The Balaban J connectivity index is 1.88. The highest BCUT2D eigenvalue weighted by atomic mass is 28.4. The first kappa shape index (κ1) is 23.0. The van der Waals surface area contributed by atoms with E-state index in [9.17, 15) is 9.59 Å². The molecule has 0 atom stereocenters. The van der Waals surface area contributed by atoms with E-state index in [1.165, 1.54) is 12.2 Å². The Hall–Kier alpha value is -1.06. The monoisotopic (exact) mass is 387 g/mol. The molecule has 0 saturated carbocycles. The van der Waals surface area contributed by atoms with Crippen LogP contribution in [0.25, 0.3) is 0 Å². The van der Waals surface area contributed by atoms with Crippen LogP contribution in [-0.2, 0) is 28.2 Å². The van der Waals surface area contributed by atoms with Crippen LogP contribution < -0.4 is 0 Å². The molecule has 0 fully saturated rings. The lowest BCUT2D eigenvalue weighted by atomic mass is 10.2. The van der Waals surface area contributed by atoms with E-state index in [1.54, 1.807) is 0 Å². The third kappa shape index (κ3) is 8.09. The fourth-order valence-electron chi connectivity index (χ4n) is 1.92. The number of imide groups is 1. The van der Waals surface area contributed by atoms with E-state index in [4.69, 9.17) is 18.6 Å². The third-order valence-corrected chi connectivity index (χ3v) is 9.14. The molecule has 0 spiro atoms. The van der Waals surface area contributed by atoms with Gasteiger partial charge in [-0.1, -0.05) is 20.8 Å². The third-order valence-electron chi connectivity index (χ3n) is 4.60. The highest BCUT2D eigenvalue weighted by Crippen LogP contribution is 2.36. The lowest BCUT2D eigenvalue weighted by Gasteiger charge is -2.36. The molecule has 1 aliphatic heterocycles. The van der Waals surface area contributed by atoms with Crippen molar-refractivity contribution in [2.45, 2.75) is 38.9 Å². The number of hydrogen-bond acceptors (Lipinski definition) is 6. The van der Waals surface area contributed by atoms with Crippen molar-refractivity contribution in [1.82, 2.24) is 4.90 Å². The van der Waals surface area contributed by atoms with Crippen LogP contribution in [0, 0.1) is 0 Å². The van der Waals surface area contributed by atoms with Gasteiger partial charge in [0.15, 0.2) is 8.32 Å². The molecule has 26 heavy (non-hydrogen) atoms. The number of carbonyl (C=O) groups is 2. The Kier molecular flexibility index (Phi) is 9.66. The number of hydrogen-bond donors (Lipinski definition) is 0. The first-order valence-corrected chi connectivity index (χ1v) is 12.0. The van der Waals surface area contributed by atoms with Crippen LogP contribution in [0.5, 0.6) is 0 Å². The predicted molar refractivity (Wildman–Crippen MR) is 101 cm³/mol. The maximum absolute atomic E-state index is 11.3. The van der Waals surface area contributed by atoms with Crippen LogP contribution >= 0.6 is 0 Å². The van der Waals surface area contributed by atoms with Gasteiger partial charge in [-0.3, -0.25) is 14.5 Å². The Bertz CT molecular complexity index is 469. The molecule has 150 valence electrons. The molecule has 0 aromatic carbocycles. The molecular formula is C18H33NO6Si. The first-order valence-electron chi connectivity index (χ1n) is 9.06. The highest BCUT2D eigenvalue weighted by molar-refractivity contribution is 6.74.